The lowest BCUT2D eigenvalue weighted by molar-refractivity contribution is -0.135. The SMILES string of the molecule is CC12CCC(=O)N1C(C(=O)Nc1cc(C(=O)O)ccc1F)CS2. The summed E-state index contributed by atoms with van der Waals surface area (Å²) < 4.78 is 13.8. The number of fused-ring (bicyclic) bond motifs is 1. The third-order valence-corrected chi connectivity index (χ3v) is 5.72. The molecule has 23 heavy (non-hydrogen) atoms. The van der Waals surface area contributed by atoms with Crippen molar-refractivity contribution in [3.05, 3.63) is 29.6 Å². The Bertz CT molecular complexity index is 711. The van der Waals surface area contributed by atoms with Gasteiger partial charge < -0.3 is 15.3 Å². The maximum atomic E-state index is 13.8. The fraction of sp³-hybridized carbons (Fsp3) is 0.400. The van der Waals surface area contributed by atoms with Gasteiger partial charge in [0.15, 0.2) is 0 Å². The van der Waals surface area contributed by atoms with E-state index in [0.717, 1.165) is 18.2 Å². The molecular formula is C15H15FN2O4S. The topological polar surface area (TPSA) is 86.7 Å². The summed E-state index contributed by atoms with van der Waals surface area (Å²) in [7, 11) is 0. The van der Waals surface area contributed by atoms with Crippen LogP contribution < -0.4 is 5.32 Å². The largest absolute Gasteiger partial charge is 0.478 e. The maximum Gasteiger partial charge on any atom is 0.335 e. The Morgan fingerprint density at radius 2 is 2.22 bits per heavy atom. The molecule has 2 saturated heterocycles. The summed E-state index contributed by atoms with van der Waals surface area (Å²) in [5.74, 6) is -2.08. The highest BCUT2D eigenvalue weighted by molar-refractivity contribution is 8.01. The highest BCUT2D eigenvalue weighted by atomic mass is 32.2. The molecule has 2 aliphatic heterocycles. The number of benzene rings is 1. The molecule has 0 spiro atoms. The predicted molar refractivity (Wildman–Crippen MR) is 82.7 cm³/mol. The Morgan fingerprint density at radius 1 is 1.48 bits per heavy atom. The number of hydrogen-bond donors (Lipinski definition) is 2. The Kier molecular flexibility index (Phi) is 3.79. The molecule has 2 atom stereocenters. The minimum atomic E-state index is -1.21. The Hall–Kier alpha value is -2.09. The number of thioether (sulfide) groups is 1. The molecule has 2 unspecified atom stereocenters. The van der Waals surface area contributed by atoms with Crippen LogP contribution in [0.5, 0.6) is 0 Å². The van der Waals surface area contributed by atoms with E-state index in [1.165, 1.54) is 11.8 Å². The van der Waals surface area contributed by atoms with E-state index in [4.69, 9.17) is 5.11 Å². The van der Waals surface area contributed by atoms with Gasteiger partial charge in [-0.25, -0.2) is 9.18 Å². The van der Waals surface area contributed by atoms with Gasteiger partial charge in [0.25, 0.3) is 0 Å². The zero-order chi connectivity index (χ0) is 16.8. The van der Waals surface area contributed by atoms with Gasteiger partial charge >= 0.3 is 5.97 Å². The lowest BCUT2D eigenvalue weighted by Gasteiger charge is -2.29. The molecule has 2 N–H and O–H groups in total. The summed E-state index contributed by atoms with van der Waals surface area (Å²) in [5.41, 5.74) is -0.315. The van der Waals surface area contributed by atoms with E-state index < -0.39 is 23.7 Å². The van der Waals surface area contributed by atoms with Crippen molar-refractivity contribution in [3.8, 4) is 0 Å². The minimum Gasteiger partial charge on any atom is -0.478 e. The van der Waals surface area contributed by atoms with E-state index in [9.17, 15) is 18.8 Å². The van der Waals surface area contributed by atoms with Crippen LogP contribution in [0, 0.1) is 5.82 Å². The van der Waals surface area contributed by atoms with Crippen LogP contribution in [0.4, 0.5) is 10.1 Å². The van der Waals surface area contributed by atoms with Gasteiger partial charge in [0.05, 0.1) is 16.1 Å². The zero-order valence-corrected chi connectivity index (χ0v) is 13.2. The van der Waals surface area contributed by atoms with E-state index >= 15 is 0 Å². The number of rotatable bonds is 3. The lowest BCUT2D eigenvalue weighted by atomic mass is 10.1. The summed E-state index contributed by atoms with van der Waals surface area (Å²) in [5, 5.41) is 11.4. The number of carbonyl (C=O) groups is 3. The van der Waals surface area contributed by atoms with E-state index in [2.05, 4.69) is 5.32 Å². The zero-order valence-electron chi connectivity index (χ0n) is 12.3. The summed E-state index contributed by atoms with van der Waals surface area (Å²) in [6.45, 7) is 1.92. The Balaban J connectivity index is 1.81. The van der Waals surface area contributed by atoms with Crippen LogP contribution in [-0.4, -0.2) is 44.5 Å². The van der Waals surface area contributed by atoms with Gasteiger partial charge in [-0.15, -0.1) is 11.8 Å². The number of carboxylic acid groups (broad SMARTS) is 1. The highest BCUT2D eigenvalue weighted by Crippen LogP contribution is 2.47. The molecular weight excluding hydrogens is 323 g/mol. The second-order valence-electron chi connectivity index (χ2n) is 5.75. The normalized spacial score (nSPS) is 26.3. The van der Waals surface area contributed by atoms with Crippen LogP contribution in [0.2, 0.25) is 0 Å². The molecule has 3 rings (SSSR count). The number of amides is 2. The number of nitrogens with one attached hydrogen (secondary N) is 1. The van der Waals surface area contributed by atoms with Gasteiger partial charge in [0.1, 0.15) is 11.9 Å². The average molecular weight is 338 g/mol. The first-order valence-corrected chi connectivity index (χ1v) is 8.10. The Labute approximate surface area is 136 Å². The van der Waals surface area contributed by atoms with Crippen LogP contribution in [0.15, 0.2) is 18.2 Å². The summed E-state index contributed by atoms with van der Waals surface area (Å²) in [4.78, 5) is 36.6. The molecule has 0 aromatic heterocycles. The van der Waals surface area contributed by atoms with Gasteiger partial charge in [-0.05, 0) is 31.5 Å². The first-order valence-electron chi connectivity index (χ1n) is 7.12. The van der Waals surface area contributed by atoms with Gasteiger partial charge in [0, 0.05) is 12.2 Å². The van der Waals surface area contributed by atoms with Crippen molar-refractivity contribution in [2.45, 2.75) is 30.7 Å². The smallest absolute Gasteiger partial charge is 0.335 e. The van der Waals surface area contributed by atoms with Crippen molar-refractivity contribution in [2.75, 3.05) is 11.1 Å². The van der Waals surface area contributed by atoms with Gasteiger partial charge in [0.2, 0.25) is 11.8 Å². The quantitative estimate of drug-likeness (QED) is 0.879. The third kappa shape index (κ3) is 2.67. The van der Waals surface area contributed by atoms with Gasteiger partial charge in [-0.1, -0.05) is 0 Å². The number of carboxylic acids is 1. The molecule has 2 fully saturated rings. The molecule has 0 radical (unpaired) electrons. The van der Waals surface area contributed by atoms with Crippen LogP contribution in [0.1, 0.15) is 30.1 Å². The molecule has 6 nitrogen and oxygen atoms in total. The predicted octanol–water partition coefficient (Wildman–Crippen LogP) is 1.92. The summed E-state index contributed by atoms with van der Waals surface area (Å²) >= 11 is 1.53. The molecule has 2 heterocycles. The standard InChI is InChI=1S/C15H15FN2O4S/c1-15-5-4-12(19)18(15)11(7-23-15)13(20)17-10-6-8(14(21)22)2-3-9(10)16/h2-3,6,11H,4-5,7H2,1H3,(H,17,20)(H,21,22). The highest BCUT2D eigenvalue weighted by Gasteiger charge is 2.52. The van der Waals surface area contributed by atoms with Crippen molar-refractivity contribution in [1.82, 2.24) is 4.90 Å². The van der Waals surface area contributed by atoms with Crippen LogP contribution in [-0.2, 0) is 9.59 Å². The summed E-state index contributed by atoms with van der Waals surface area (Å²) in [6.07, 6.45) is 1.08. The number of carbonyl (C=O) groups excluding carboxylic acids is 2. The second kappa shape index (κ2) is 5.52. The van der Waals surface area contributed by atoms with Crippen LogP contribution in [0.25, 0.3) is 0 Å². The number of aromatic carboxylic acids is 1. The number of hydrogen-bond acceptors (Lipinski definition) is 4. The van der Waals surface area contributed by atoms with Gasteiger partial charge in [-0.2, -0.15) is 0 Å². The van der Waals surface area contributed by atoms with Crippen molar-refractivity contribution < 1.29 is 23.9 Å². The average Bonchev–Trinajstić information content (AvgIpc) is 2.98. The molecule has 1 aromatic rings. The van der Waals surface area contributed by atoms with Crippen LogP contribution in [0.3, 0.4) is 0 Å². The van der Waals surface area contributed by atoms with E-state index in [1.807, 2.05) is 6.92 Å². The molecule has 0 saturated carbocycles. The second-order valence-corrected chi connectivity index (χ2v) is 7.26. The van der Waals surface area contributed by atoms with Crippen molar-refractivity contribution >= 4 is 35.2 Å². The Morgan fingerprint density at radius 3 is 2.91 bits per heavy atom. The minimum absolute atomic E-state index is 0.0857. The van der Waals surface area contributed by atoms with E-state index in [-0.39, 0.29) is 22.0 Å². The number of anilines is 1. The van der Waals surface area contributed by atoms with Crippen molar-refractivity contribution in [2.24, 2.45) is 0 Å². The molecule has 122 valence electrons. The number of halogens is 1. The van der Waals surface area contributed by atoms with Crippen molar-refractivity contribution in [1.29, 1.82) is 0 Å². The van der Waals surface area contributed by atoms with E-state index in [0.29, 0.717) is 18.6 Å². The maximum absolute atomic E-state index is 13.8. The molecule has 0 bridgehead atoms. The molecule has 2 amide bonds. The third-order valence-electron chi connectivity index (χ3n) is 4.22. The van der Waals surface area contributed by atoms with Gasteiger partial charge in [-0.3, -0.25) is 9.59 Å². The van der Waals surface area contributed by atoms with Crippen molar-refractivity contribution in [3.63, 3.8) is 0 Å². The first kappa shape index (κ1) is 15.8. The molecule has 0 aliphatic carbocycles. The fourth-order valence-electron chi connectivity index (χ4n) is 2.98. The summed E-state index contributed by atoms with van der Waals surface area (Å²) in [6, 6.07) is 2.52. The molecule has 8 heteroatoms. The monoisotopic (exact) mass is 338 g/mol. The van der Waals surface area contributed by atoms with Crippen LogP contribution >= 0.6 is 11.8 Å². The first-order chi connectivity index (χ1) is 10.8. The lowest BCUT2D eigenvalue weighted by Crippen LogP contribution is -2.48. The molecule has 2 aliphatic rings. The fourth-order valence-corrected chi connectivity index (χ4v) is 4.42. The number of nitrogens with zero attached hydrogens (tertiary/aromatic N) is 1. The van der Waals surface area contributed by atoms with E-state index in [1.54, 1.807) is 4.90 Å². The molecule has 1 aromatic carbocycles.